The van der Waals surface area contributed by atoms with E-state index in [1.807, 2.05) is 11.8 Å². The van der Waals surface area contributed by atoms with Gasteiger partial charge < -0.3 is 11.1 Å². The summed E-state index contributed by atoms with van der Waals surface area (Å²) in [6.45, 7) is 7.34. The van der Waals surface area contributed by atoms with Gasteiger partial charge in [-0.3, -0.25) is 4.99 Å². The van der Waals surface area contributed by atoms with E-state index in [9.17, 15) is 0 Å². The lowest BCUT2D eigenvalue weighted by Crippen LogP contribution is -2.42. The lowest BCUT2D eigenvalue weighted by Gasteiger charge is -2.17. The molecule has 1 aliphatic heterocycles. The lowest BCUT2D eigenvalue weighted by atomic mass is 10.2. The van der Waals surface area contributed by atoms with Crippen molar-refractivity contribution in [2.45, 2.75) is 38.5 Å². The standard InChI is InChI=1S/C10H21N3S/c1-7(2)6-12-10(11)13-9-4-5-14-8(9)3/h7-9H,4-6H2,1-3H3,(H3,11,12,13). The van der Waals surface area contributed by atoms with Crippen LogP contribution >= 0.6 is 11.8 Å². The van der Waals surface area contributed by atoms with Gasteiger partial charge in [-0.25, -0.2) is 0 Å². The van der Waals surface area contributed by atoms with E-state index in [0.717, 1.165) is 6.54 Å². The third-order valence-electron chi connectivity index (χ3n) is 2.34. The Morgan fingerprint density at radius 2 is 2.36 bits per heavy atom. The zero-order chi connectivity index (χ0) is 10.6. The number of thioether (sulfide) groups is 1. The summed E-state index contributed by atoms with van der Waals surface area (Å²) in [5.41, 5.74) is 5.79. The van der Waals surface area contributed by atoms with Crippen molar-refractivity contribution in [3.8, 4) is 0 Å². The number of nitrogens with zero attached hydrogens (tertiary/aromatic N) is 1. The number of hydrogen-bond acceptors (Lipinski definition) is 2. The molecule has 0 radical (unpaired) electrons. The van der Waals surface area contributed by atoms with Crippen LogP contribution in [-0.2, 0) is 0 Å². The van der Waals surface area contributed by atoms with Crippen molar-refractivity contribution >= 4 is 17.7 Å². The second kappa shape index (κ2) is 5.49. The molecular weight excluding hydrogens is 194 g/mol. The highest BCUT2D eigenvalue weighted by molar-refractivity contribution is 8.00. The molecule has 4 heteroatoms. The molecule has 0 aromatic heterocycles. The third kappa shape index (κ3) is 3.78. The average molecular weight is 215 g/mol. The van der Waals surface area contributed by atoms with Crippen LogP contribution in [-0.4, -0.2) is 29.5 Å². The summed E-state index contributed by atoms with van der Waals surface area (Å²) in [4.78, 5) is 4.30. The number of nitrogens with one attached hydrogen (secondary N) is 1. The Morgan fingerprint density at radius 1 is 1.64 bits per heavy atom. The van der Waals surface area contributed by atoms with Gasteiger partial charge in [-0.1, -0.05) is 20.8 Å². The molecular formula is C10H21N3S. The Hall–Kier alpha value is -0.380. The highest BCUT2D eigenvalue weighted by Crippen LogP contribution is 2.25. The molecule has 1 rings (SSSR count). The van der Waals surface area contributed by atoms with Gasteiger partial charge in [-0.05, 0) is 18.1 Å². The first-order chi connectivity index (χ1) is 6.59. The van der Waals surface area contributed by atoms with Crippen molar-refractivity contribution in [1.29, 1.82) is 0 Å². The summed E-state index contributed by atoms with van der Waals surface area (Å²) in [5.74, 6) is 2.42. The minimum atomic E-state index is 0.510. The van der Waals surface area contributed by atoms with Crippen LogP contribution < -0.4 is 11.1 Å². The molecule has 2 unspecified atom stereocenters. The van der Waals surface area contributed by atoms with E-state index >= 15 is 0 Å². The average Bonchev–Trinajstić information content (AvgIpc) is 2.49. The van der Waals surface area contributed by atoms with Crippen LogP contribution in [0.5, 0.6) is 0 Å². The van der Waals surface area contributed by atoms with Crippen LogP contribution in [0.25, 0.3) is 0 Å². The van der Waals surface area contributed by atoms with E-state index in [1.165, 1.54) is 12.2 Å². The Bertz CT molecular complexity index is 204. The van der Waals surface area contributed by atoms with Gasteiger partial charge in [-0.2, -0.15) is 11.8 Å². The first-order valence-electron chi connectivity index (χ1n) is 5.27. The fourth-order valence-electron chi connectivity index (χ4n) is 1.44. The highest BCUT2D eigenvalue weighted by atomic mass is 32.2. The predicted octanol–water partition coefficient (Wildman–Crippen LogP) is 1.44. The van der Waals surface area contributed by atoms with E-state index < -0.39 is 0 Å². The summed E-state index contributed by atoms with van der Waals surface area (Å²) in [6.07, 6.45) is 1.20. The summed E-state index contributed by atoms with van der Waals surface area (Å²) in [6, 6.07) is 0.510. The molecule has 0 bridgehead atoms. The summed E-state index contributed by atoms with van der Waals surface area (Å²) >= 11 is 2.00. The zero-order valence-electron chi connectivity index (χ0n) is 9.29. The molecule has 1 aliphatic rings. The molecule has 2 atom stereocenters. The lowest BCUT2D eigenvalue weighted by molar-refractivity contribution is 0.600. The minimum absolute atomic E-state index is 0.510. The molecule has 3 N–H and O–H groups in total. The van der Waals surface area contributed by atoms with Crippen molar-refractivity contribution in [3.05, 3.63) is 0 Å². The van der Waals surface area contributed by atoms with Gasteiger partial charge in [0.25, 0.3) is 0 Å². The number of rotatable bonds is 3. The van der Waals surface area contributed by atoms with Crippen LogP contribution in [0.3, 0.4) is 0 Å². The second-order valence-corrected chi connectivity index (χ2v) is 5.72. The molecule has 0 aliphatic carbocycles. The van der Waals surface area contributed by atoms with Gasteiger partial charge >= 0.3 is 0 Å². The second-order valence-electron chi connectivity index (χ2n) is 4.24. The Balaban J connectivity index is 2.32. The fourth-order valence-corrected chi connectivity index (χ4v) is 2.64. The maximum atomic E-state index is 5.79. The van der Waals surface area contributed by atoms with Crippen LogP contribution in [0.2, 0.25) is 0 Å². The van der Waals surface area contributed by atoms with Gasteiger partial charge in [0.1, 0.15) is 0 Å². The van der Waals surface area contributed by atoms with Gasteiger partial charge in [0, 0.05) is 17.8 Å². The number of guanidine groups is 1. The van der Waals surface area contributed by atoms with Crippen molar-refractivity contribution in [2.24, 2.45) is 16.6 Å². The normalized spacial score (nSPS) is 28.4. The third-order valence-corrected chi connectivity index (χ3v) is 3.66. The van der Waals surface area contributed by atoms with E-state index in [1.54, 1.807) is 0 Å². The van der Waals surface area contributed by atoms with Crippen LogP contribution in [0, 0.1) is 5.92 Å². The van der Waals surface area contributed by atoms with E-state index in [4.69, 9.17) is 5.73 Å². The van der Waals surface area contributed by atoms with Crippen molar-refractivity contribution < 1.29 is 0 Å². The number of aliphatic imine (C=N–C) groups is 1. The Morgan fingerprint density at radius 3 is 2.86 bits per heavy atom. The number of nitrogens with two attached hydrogens (primary N) is 1. The van der Waals surface area contributed by atoms with Crippen molar-refractivity contribution in [2.75, 3.05) is 12.3 Å². The smallest absolute Gasteiger partial charge is 0.188 e. The highest BCUT2D eigenvalue weighted by Gasteiger charge is 2.23. The fraction of sp³-hybridized carbons (Fsp3) is 0.900. The minimum Gasteiger partial charge on any atom is -0.370 e. The molecule has 0 aromatic rings. The maximum absolute atomic E-state index is 5.79. The SMILES string of the molecule is CC(C)CN=C(N)NC1CCSC1C. The quantitative estimate of drug-likeness (QED) is 0.553. The maximum Gasteiger partial charge on any atom is 0.188 e. The molecule has 1 fully saturated rings. The van der Waals surface area contributed by atoms with E-state index in [0.29, 0.717) is 23.2 Å². The first-order valence-corrected chi connectivity index (χ1v) is 6.32. The molecule has 0 amide bonds. The molecule has 82 valence electrons. The summed E-state index contributed by atoms with van der Waals surface area (Å²) in [7, 11) is 0. The molecule has 0 saturated carbocycles. The van der Waals surface area contributed by atoms with Gasteiger partial charge in [0.15, 0.2) is 5.96 Å². The molecule has 1 heterocycles. The van der Waals surface area contributed by atoms with Crippen LogP contribution in [0.1, 0.15) is 27.2 Å². The number of hydrogen-bond donors (Lipinski definition) is 2. The predicted molar refractivity (Wildman–Crippen MR) is 64.8 cm³/mol. The Kier molecular flexibility index (Phi) is 4.58. The zero-order valence-corrected chi connectivity index (χ0v) is 10.1. The van der Waals surface area contributed by atoms with E-state index in [-0.39, 0.29) is 0 Å². The largest absolute Gasteiger partial charge is 0.370 e. The molecule has 0 aromatic carbocycles. The van der Waals surface area contributed by atoms with Crippen LogP contribution in [0.15, 0.2) is 4.99 Å². The molecule has 3 nitrogen and oxygen atoms in total. The molecule has 14 heavy (non-hydrogen) atoms. The van der Waals surface area contributed by atoms with Gasteiger partial charge in [-0.15, -0.1) is 0 Å². The summed E-state index contributed by atoms with van der Waals surface area (Å²) < 4.78 is 0. The first kappa shape index (κ1) is 11.7. The van der Waals surface area contributed by atoms with Crippen molar-refractivity contribution in [3.63, 3.8) is 0 Å². The van der Waals surface area contributed by atoms with Gasteiger partial charge in [0.05, 0.1) is 0 Å². The topological polar surface area (TPSA) is 50.4 Å². The summed E-state index contributed by atoms with van der Waals surface area (Å²) in [5, 5.41) is 3.95. The van der Waals surface area contributed by atoms with E-state index in [2.05, 4.69) is 31.1 Å². The monoisotopic (exact) mass is 215 g/mol. The van der Waals surface area contributed by atoms with Crippen LogP contribution in [0.4, 0.5) is 0 Å². The Labute approximate surface area is 90.9 Å². The van der Waals surface area contributed by atoms with Crippen molar-refractivity contribution in [1.82, 2.24) is 5.32 Å². The van der Waals surface area contributed by atoms with Gasteiger partial charge in [0.2, 0.25) is 0 Å². The molecule has 1 saturated heterocycles. The molecule has 0 spiro atoms.